The predicted molar refractivity (Wildman–Crippen MR) is 105 cm³/mol. The van der Waals surface area contributed by atoms with Gasteiger partial charge in [-0.25, -0.2) is 0 Å². The first-order chi connectivity index (χ1) is 13.1. The number of carbonyl (C=O) groups excluding carboxylic acids is 2. The number of thiophene rings is 1. The molecule has 0 fully saturated rings. The lowest BCUT2D eigenvalue weighted by molar-refractivity contribution is -0.117. The van der Waals surface area contributed by atoms with Gasteiger partial charge in [0.15, 0.2) is 0 Å². The highest BCUT2D eigenvalue weighted by molar-refractivity contribution is 7.99. The van der Waals surface area contributed by atoms with Crippen LogP contribution >= 0.6 is 23.1 Å². The van der Waals surface area contributed by atoms with E-state index in [0.717, 1.165) is 4.88 Å². The minimum absolute atomic E-state index is 0.101. The lowest BCUT2D eigenvalue weighted by Gasteiger charge is -2.27. The number of thioether (sulfide) groups is 1. The van der Waals surface area contributed by atoms with E-state index in [0.29, 0.717) is 22.5 Å². The highest BCUT2D eigenvalue weighted by Crippen LogP contribution is 2.32. The highest BCUT2D eigenvalue weighted by atomic mass is 32.2. The molecule has 0 spiro atoms. The van der Waals surface area contributed by atoms with Gasteiger partial charge in [-0.2, -0.15) is 0 Å². The van der Waals surface area contributed by atoms with Gasteiger partial charge < -0.3 is 14.6 Å². The summed E-state index contributed by atoms with van der Waals surface area (Å²) in [5.74, 6) is 0.366. The van der Waals surface area contributed by atoms with Gasteiger partial charge in [0.2, 0.25) is 11.8 Å². The number of rotatable bonds is 4. The number of anilines is 2. The summed E-state index contributed by atoms with van der Waals surface area (Å²) in [6.07, 6.45) is 0.244. The first-order valence-corrected chi connectivity index (χ1v) is 10.2. The molecule has 3 heterocycles. The van der Waals surface area contributed by atoms with Crippen LogP contribution in [0.1, 0.15) is 13.3 Å². The molecule has 7 nitrogen and oxygen atoms in total. The lowest BCUT2D eigenvalue weighted by Crippen LogP contribution is -2.40. The molecule has 138 valence electrons. The predicted octanol–water partition coefficient (Wildman–Crippen LogP) is 3.65. The number of fused-ring (bicyclic) bond motifs is 1. The smallest absolute Gasteiger partial charge is 0.277 e. The van der Waals surface area contributed by atoms with E-state index in [9.17, 15) is 9.59 Å². The minimum Gasteiger partial charge on any atom is -0.410 e. The van der Waals surface area contributed by atoms with Crippen LogP contribution in [-0.2, 0) is 9.59 Å². The van der Waals surface area contributed by atoms with Crippen molar-refractivity contribution in [3.05, 3.63) is 41.8 Å². The summed E-state index contributed by atoms with van der Waals surface area (Å²) in [7, 11) is 0. The van der Waals surface area contributed by atoms with Crippen LogP contribution in [0.5, 0.6) is 0 Å². The van der Waals surface area contributed by atoms with E-state index in [4.69, 9.17) is 4.42 Å². The molecule has 27 heavy (non-hydrogen) atoms. The van der Waals surface area contributed by atoms with Crippen molar-refractivity contribution >= 4 is 46.3 Å². The summed E-state index contributed by atoms with van der Waals surface area (Å²) in [5, 5.41) is 13.1. The Bertz CT molecular complexity index is 971. The van der Waals surface area contributed by atoms with Crippen molar-refractivity contribution in [2.24, 2.45) is 0 Å². The molecule has 1 N–H and O–H groups in total. The average molecular weight is 400 g/mol. The molecule has 1 atom stereocenters. The van der Waals surface area contributed by atoms with Gasteiger partial charge in [0, 0.05) is 12.5 Å². The monoisotopic (exact) mass is 400 g/mol. The molecule has 0 saturated carbocycles. The van der Waals surface area contributed by atoms with E-state index in [1.165, 1.54) is 23.1 Å². The zero-order chi connectivity index (χ0) is 18.8. The molecule has 2 aromatic heterocycles. The van der Waals surface area contributed by atoms with E-state index in [1.807, 2.05) is 42.6 Å². The summed E-state index contributed by atoms with van der Waals surface area (Å²) in [4.78, 5) is 27.5. The van der Waals surface area contributed by atoms with Gasteiger partial charge in [-0.05, 0) is 30.5 Å². The fraction of sp³-hybridized carbons (Fsp3) is 0.222. The Morgan fingerprint density at radius 3 is 3.00 bits per heavy atom. The number of hydrogen-bond donors (Lipinski definition) is 1. The van der Waals surface area contributed by atoms with E-state index >= 15 is 0 Å². The van der Waals surface area contributed by atoms with Crippen LogP contribution in [0.4, 0.5) is 11.4 Å². The van der Waals surface area contributed by atoms with E-state index in [-0.39, 0.29) is 30.0 Å². The van der Waals surface area contributed by atoms with Crippen LogP contribution in [-0.4, -0.2) is 33.8 Å². The Kier molecular flexibility index (Phi) is 4.95. The zero-order valence-electron chi connectivity index (χ0n) is 14.4. The van der Waals surface area contributed by atoms with Crippen molar-refractivity contribution in [3.63, 3.8) is 0 Å². The Hall–Kier alpha value is -2.65. The van der Waals surface area contributed by atoms with Crippen molar-refractivity contribution in [1.82, 2.24) is 10.2 Å². The number of hydrogen-bond acceptors (Lipinski definition) is 7. The van der Waals surface area contributed by atoms with Crippen LogP contribution < -0.4 is 10.2 Å². The molecule has 2 amide bonds. The second-order valence-corrected chi connectivity index (χ2v) is 7.90. The third-order valence-electron chi connectivity index (χ3n) is 4.09. The summed E-state index contributed by atoms with van der Waals surface area (Å²) in [6, 6.07) is 10.9. The van der Waals surface area contributed by atoms with Crippen LogP contribution in [0.15, 0.2) is 51.4 Å². The third kappa shape index (κ3) is 3.74. The minimum atomic E-state index is -0.244. The molecule has 0 saturated heterocycles. The second-order valence-electron chi connectivity index (χ2n) is 6.02. The average Bonchev–Trinajstić information content (AvgIpc) is 3.30. The molecule has 9 heteroatoms. The molecule has 0 bridgehead atoms. The molecular formula is C18H16N4O3S2. The Morgan fingerprint density at radius 1 is 1.33 bits per heavy atom. The number of benzene rings is 1. The molecule has 0 aliphatic carbocycles. The first kappa shape index (κ1) is 17.7. The van der Waals surface area contributed by atoms with Gasteiger partial charge in [-0.1, -0.05) is 30.0 Å². The lowest BCUT2D eigenvalue weighted by atomic mass is 10.2. The summed E-state index contributed by atoms with van der Waals surface area (Å²) in [5.41, 5.74) is 1.34. The van der Waals surface area contributed by atoms with Crippen molar-refractivity contribution < 1.29 is 14.0 Å². The molecule has 0 radical (unpaired) electrons. The van der Waals surface area contributed by atoms with Crippen molar-refractivity contribution in [2.45, 2.75) is 24.6 Å². The zero-order valence-corrected chi connectivity index (χ0v) is 16.0. The number of aromatic nitrogens is 2. The Balaban J connectivity index is 1.50. The van der Waals surface area contributed by atoms with Gasteiger partial charge in [0.05, 0.1) is 22.0 Å². The summed E-state index contributed by atoms with van der Waals surface area (Å²) >= 11 is 2.70. The van der Waals surface area contributed by atoms with E-state index in [1.54, 1.807) is 11.0 Å². The third-order valence-corrected chi connectivity index (χ3v) is 5.75. The maximum atomic E-state index is 12.9. The van der Waals surface area contributed by atoms with Crippen LogP contribution in [0.3, 0.4) is 0 Å². The fourth-order valence-electron chi connectivity index (χ4n) is 2.93. The normalized spacial score (nSPS) is 16.6. The Labute approximate surface area is 163 Å². The SMILES string of the molecule is CC1CC(=O)Nc2ccccc2N1C(=O)CSc1nnc(-c2cccs2)o1. The maximum Gasteiger partial charge on any atom is 0.277 e. The van der Waals surface area contributed by atoms with Crippen molar-refractivity contribution in [2.75, 3.05) is 16.0 Å². The largest absolute Gasteiger partial charge is 0.410 e. The van der Waals surface area contributed by atoms with E-state index < -0.39 is 0 Å². The fourth-order valence-corrected chi connectivity index (χ4v) is 4.20. The van der Waals surface area contributed by atoms with Crippen LogP contribution in [0, 0.1) is 0 Å². The summed E-state index contributed by atoms with van der Waals surface area (Å²) in [6.45, 7) is 1.87. The summed E-state index contributed by atoms with van der Waals surface area (Å²) < 4.78 is 5.62. The number of carbonyl (C=O) groups is 2. The van der Waals surface area contributed by atoms with Gasteiger partial charge in [0.1, 0.15) is 0 Å². The van der Waals surface area contributed by atoms with Crippen LogP contribution in [0.2, 0.25) is 0 Å². The number of nitrogens with zero attached hydrogens (tertiary/aromatic N) is 3. The molecule has 3 aromatic rings. The molecule has 1 aliphatic rings. The van der Waals surface area contributed by atoms with Crippen molar-refractivity contribution in [1.29, 1.82) is 0 Å². The van der Waals surface area contributed by atoms with Crippen LogP contribution in [0.25, 0.3) is 10.8 Å². The van der Waals surface area contributed by atoms with Gasteiger partial charge in [-0.3, -0.25) is 9.59 Å². The molecule has 1 unspecified atom stereocenters. The molecule has 1 aliphatic heterocycles. The molecular weight excluding hydrogens is 384 g/mol. The van der Waals surface area contributed by atoms with Gasteiger partial charge in [0.25, 0.3) is 11.1 Å². The molecule has 4 rings (SSSR count). The van der Waals surface area contributed by atoms with Gasteiger partial charge in [-0.15, -0.1) is 21.5 Å². The second kappa shape index (κ2) is 7.53. The topological polar surface area (TPSA) is 88.3 Å². The quantitative estimate of drug-likeness (QED) is 0.673. The number of nitrogens with one attached hydrogen (secondary N) is 1. The molecule has 1 aromatic carbocycles. The number of amides is 2. The van der Waals surface area contributed by atoms with Crippen molar-refractivity contribution in [3.8, 4) is 10.8 Å². The highest BCUT2D eigenvalue weighted by Gasteiger charge is 2.29. The Morgan fingerprint density at radius 2 is 2.19 bits per heavy atom. The van der Waals surface area contributed by atoms with E-state index in [2.05, 4.69) is 15.5 Å². The van der Waals surface area contributed by atoms with Gasteiger partial charge >= 0.3 is 0 Å². The maximum absolute atomic E-state index is 12.9. The standard InChI is InChI=1S/C18H16N4O3S2/c1-11-9-15(23)19-12-5-2-3-6-13(12)22(11)16(24)10-27-18-21-20-17(25-18)14-7-4-8-26-14/h2-8,11H,9-10H2,1H3,(H,19,23). The number of para-hydroxylation sites is 2. The first-order valence-electron chi connectivity index (χ1n) is 8.33.